The third-order valence-electron chi connectivity index (χ3n) is 5.01. The first-order chi connectivity index (χ1) is 12.6. The van der Waals surface area contributed by atoms with E-state index in [9.17, 15) is 10.2 Å². The smallest absolute Gasteiger partial charge is 0.103 e. The standard InChI is InChI=1S/C23H41NO2.ClH/c1-21(25)19-24(20-22(2)26)18-14-9-7-5-3-4-6-8-11-15-23-16-12-10-13-17-23;/h10,12-13,16-17,21-22,25-26H,3-9,11,14-15,18-20H2,1-2H3;1H. The Labute approximate surface area is 173 Å². The van der Waals surface area contributed by atoms with Gasteiger partial charge in [0.1, 0.15) is 25.3 Å². The first kappa shape index (κ1) is 26.4. The van der Waals surface area contributed by atoms with Crippen molar-refractivity contribution >= 4 is 0 Å². The predicted molar refractivity (Wildman–Crippen MR) is 111 cm³/mol. The van der Waals surface area contributed by atoms with Gasteiger partial charge in [0.05, 0.1) is 6.54 Å². The maximum atomic E-state index is 9.56. The summed E-state index contributed by atoms with van der Waals surface area (Å²) in [4.78, 5) is 1.33. The van der Waals surface area contributed by atoms with Gasteiger partial charge in [-0.1, -0.05) is 68.9 Å². The fraction of sp³-hybridized carbons (Fsp3) is 0.739. The van der Waals surface area contributed by atoms with Crippen molar-refractivity contribution in [1.82, 2.24) is 0 Å². The Balaban J connectivity index is 0.00000676. The minimum Gasteiger partial charge on any atom is -1.00 e. The van der Waals surface area contributed by atoms with Crippen LogP contribution in [0.25, 0.3) is 0 Å². The Kier molecular flexibility index (Phi) is 17.1. The van der Waals surface area contributed by atoms with E-state index in [-0.39, 0.29) is 24.6 Å². The number of aryl methyl sites for hydroxylation is 1. The quantitative estimate of drug-likeness (QED) is 0.352. The van der Waals surface area contributed by atoms with E-state index in [0.29, 0.717) is 0 Å². The minimum atomic E-state index is -0.286. The highest BCUT2D eigenvalue weighted by Gasteiger charge is 2.13. The third-order valence-corrected chi connectivity index (χ3v) is 5.01. The molecule has 0 aliphatic heterocycles. The summed E-state index contributed by atoms with van der Waals surface area (Å²) in [6, 6.07) is 10.8. The molecule has 0 saturated carbocycles. The Morgan fingerprint density at radius 1 is 0.704 bits per heavy atom. The Hall–Kier alpha value is -0.610. The molecule has 2 unspecified atom stereocenters. The van der Waals surface area contributed by atoms with E-state index in [1.54, 1.807) is 0 Å². The first-order valence-electron chi connectivity index (χ1n) is 10.8. The molecule has 2 atom stereocenters. The lowest BCUT2D eigenvalue weighted by Gasteiger charge is -2.22. The summed E-state index contributed by atoms with van der Waals surface area (Å²) in [6.45, 7) is 6.22. The van der Waals surface area contributed by atoms with Gasteiger partial charge in [-0.3, -0.25) is 0 Å². The van der Waals surface area contributed by atoms with Crippen LogP contribution < -0.4 is 17.3 Å². The number of hydrogen-bond acceptors (Lipinski definition) is 2. The van der Waals surface area contributed by atoms with E-state index in [0.717, 1.165) is 19.6 Å². The van der Waals surface area contributed by atoms with E-state index in [1.165, 1.54) is 74.7 Å². The van der Waals surface area contributed by atoms with Gasteiger partial charge in [0.15, 0.2) is 0 Å². The zero-order valence-electron chi connectivity index (χ0n) is 17.5. The molecule has 0 saturated heterocycles. The summed E-state index contributed by atoms with van der Waals surface area (Å²) in [5.41, 5.74) is 1.47. The van der Waals surface area contributed by atoms with Crippen molar-refractivity contribution in [2.75, 3.05) is 19.6 Å². The monoisotopic (exact) mass is 399 g/mol. The molecule has 0 spiro atoms. The maximum Gasteiger partial charge on any atom is 0.103 e. The number of rotatable bonds is 16. The second-order valence-electron chi connectivity index (χ2n) is 8.02. The van der Waals surface area contributed by atoms with Crippen molar-refractivity contribution in [3.8, 4) is 0 Å². The minimum absolute atomic E-state index is 0. The molecule has 4 heteroatoms. The molecule has 27 heavy (non-hydrogen) atoms. The van der Waals surface area contributed by atoms with Gasteiger partial charge < -0.3 is 27.5 Å². The highest BCUT2D eigenvalue weighted by Crippen LogP contribution is 2.11. The topological polar surface area (TPSA) is 44.9 Å². The van der Waals surface area contributed by atoms with Gasteiger partial charge >= 0.3 is 0 Å². The molecule has 3 N–H and O–H groups in total. The number of halogens is 1. The van der Waals surface area contributed by atoms with E-state index >= 15 is 0 Å². The number of nitrogens with one attached hydrogen (secondary N) is 1. The summed E-state index contributed by atoms with van der Waals surface area (Å²) >= 11 is 0. The largest absolute Gasteiger partial charge is 1.00 e. The van der Waals surface area contributed by atoms with Crippen LogP contribution in [0.4, 0.5) is 0 Å². The van der Waals surface area contributed by atoms with Crippen LogP contribution in [0.15, 0.2) is 30.3 Å². The number of hydrogen-bond donors (Lipinski definition) is 3. The normalized spacial score (nSPS) is 14.4. The highest BCUT2D eigenvalue weighted by molar-refractivity contribution is 5.14. The second kappa shape index (κ2) is 17.5. The molecule has 0 bridgehead atoms. The molecule has 0 radical (unpaired) electrons. The van der Waals surface area contributed by atoms with Crippen LogP contribution in [-0.2, 0) is 6.42 Å². The van der Waals surface area contributed by atoms with Crippen LogP contribution in [0.5, 0.6) is 0 Å². The van der Waals surface area contributed by atoms with Crippen LogP contribution in [0.2, 0.25) is 0 Å². The van der Waals surface area contributed by atoms with Crippen molar-refractivity contribution in [3.63, 3.8) is 0 Å². The molecule has 0 fully saturated rings. The lowest BCUT2D eigenvalue weighted by atomic mass is 10.0. The van der Waals surface area contributed by atoms with Gasteiger partial charge in [-0.15, -0.1) is 0 Å². The Morgan fingerprint density at radius 3 is 1.63 bits per heavy atom. The molecule has 0 aliphatic carbocycles. The molecule has 0 aromatic heterocycles. The van der Waals surface area contributed by atoms with E-state index in [2.05, 4.69) is 30.3 Å². The molecule has 0 heterocycles. The van der Waals surface area contributed by atoms with Crippen LogP contribution >= 0.6 is 0 Å². The average molecular weight is 400 g/mol. The van der Waals surface area contributed by atoms with Crippen LogP contribution in [0.1, 0.15) is 77.2 Å². The van der Waals surface area contributed by atoms with E-state index in [1.807, 2.05) is 13.8 Å². The van der Waals surface area contributed by atoms with Crippen molar-refractivity contribution in [3.05, 3.63) is 35.9 Å². The van der Waals surface area contributed by atoms with Gasteiger partial charge in [0, 0.05) is 0 Å². The van der Waals surface area contributed by atoms with Gasteiger partial charge in [-0.25, -0.2) is 0 Å². The lowest BCUT2D eigenvalue weighted by Crippen LogP contribution is -3.14. The Bertz CT molecular complexity index is 416. The number of quaternary nitrogens is 1. The molecular weight excluding hydrogens is 358 g/mol. The fourth-order valence-electron chi connectivity index (χ4n) is 3.71. The molecule has 1 aromatic carbocycles. The SMILES string of the molecule is CC(O)C[NH+](CCCCCCCCCCCc1ccccc1)CC(C)O.[Cl-]. The number of benzene rings is 1. The third kappa shape index (κ3) is 16.1. The van der Waals surface area contributed by atoms with Crippen molar-refractivity contribution in [2.24, 2.45) is 0 Å². The number of aliphatic hydroxyl groups excluding tert-OH is 2. The van der Waals surface area contributed by atoms with Crippen LogP contribution in [0, 0.1) is 0 Å². The molecule has 3 nitrogen and oxygen atoms in total. The molecule has 0 aliphatic rings. The summed E-state index contributed by atoms with van der Waals surface area (Å²) in [6.07, 6.45) is 12.6. The van der Waals surface area contributed by atoms with Crippen LogP contribution in [-0.4, -0.2) is 42.1 Å². The van der Waals surface area contributed by atoms with Gasteiger partial charge in [0.2, 0.25) is 0 Å². The second-order valence-corrected chi connectivity index (χ2v) is 8.02. The zero-order chi connectivity index (χ0) is 19.0. The zero-order valence-corrected chi connectivity index (χ0v) is 18.3. The maximum absolute atomic E-state index is 9.56. The Morgan fingerprint density at radius 2 is 1.15 bits per heavy atom. The molecule has 1 rings (SSSR count). The fourth-order valence-corrected chi connectivity index (χ4v) is 3.71. The summed E-state index contributed by atoms with van der Waals surface area (Å²) in [5.74, 6) is 0. The van der Waals surface area contributed by atoms with Gasteiger partial charge in [-0.05, 0) is 45.1 Å². The molecular formula is C23H42ClNO2. The van der Waals surface area contributed by atoms with Crippen LogP contribution in [0.3, 0.4) is 0 Å². The summed E-state index contributed by atoms with van der Waals surface area (Å²) in [5, 5.41) is 19.1. The number of unbranched alkanes of at least 4 members (excludes halogenated alkanes) is 8. The predicted octanol–water partition coefficient (Wildman–Crippen LogP) is 0.391. The highest BCUT2D eigenvalue weighted by atomic mass is 35.5. The van der Waals surface area contributed by atoms with Crippen molar-refractivity contribution < 1.29 is 27.5 Å². The lowest BCUT2D eigenvalue weighted by molar-refractivity contribution is -0.906. The average Bonchev–Trinajstić information content (AvgIpc) is 2.59. The van der Waals surface area contributed by atoms with Gasteiger partial charge in [0.25, 0.3) is 0 Å². The summed E-state index contributed by atoms with van der Waals surface area (Å²) in [7, 11) is 0. The van der Waals surface area contributed by atoms with E-state index in [4.69, 9.17) is 0 Å². The summed E-state index contributed by atoms with van der Waals surface area (Å²) < 4.78 is 0. The molecule has 158 valence electrons. The van der Waals surface area contributed by atoms with Crippen molar-refractivity contribution in [2.45, 2.75) is 90.3 Å². The molecule has 0 amide bonds. The number of aliphatic hydroxyl groups is 2. The van der Waals surface area contributed by atoms with E-state index < -0.39 is 0 Å². The molecule has 1 aromatic rings. The van der Waals surface area contributed by atoms with Crippen molar-refractivity contribution in [1.29, 1.82) is 0 Å². The van der Waals surface area contributed by atoms with Gasteiger partial charge in [-0.2, -0.15) is 0 Å². The first-order valence-corrected chi connectivity index (χ1v) is 10.8.